The molecule has 0 aliphatic heterocycles. The summed E-state index contributed by atoms with van der Waals surface area (Å²) >= 11 is 0. The average molecular weight is 395 g/mol. The monoisotopic (exact) mass is 394 g/mol. The molecule has 0 heterocycles. The zero-order valence-electron chi connectivity index (χ0n) is 18.8. The minimum absolute atomic E-state index is 0.281. The normalized spacial score (nSPS) is 13.1. The van der Waals surface area contributed by atoms with Crippen LogP contribution < -0.4 is 5.19 Å². The van der Waals surface area contributed by atoms with Crippen molar-refractivity contribution in [3.05, 3.63) is 30.3 Å². The smallest absolute Gasteiger partial charge is 0.370 e. The van der Waals surface area contributed by atoms with Crippen molar-refractivity contribution in [2.24, 2.45) is 5.41 Å². The van der Waals surface area contributed by atoms with E-state index in [-0.39, 0.29) is 11.0 Å². The highest BCUT2D eigenvalue weighted by Gasteiger charge is 2.48. The van der Waals surface area contributed by atoms with E-state index < -0.39 is 8.80 Å². The molecule has 27 heavy (non-hydrogen) atoms. The summed E-state index contributed by atoms with van der Waals surface area (Å²) in [5.74, 6) is 0. The van der Waals surface area contributed by atoms with Crippen molar-refractivity contribution in [1.82, 2.24) is 0 Å². The SMILES string of the molecule is CCCCO[Si](OCCCC)(OC(C)(C)CCC(C)(C)C)c1ccccc1. The minimum atomic E-state index is -2.98. The summed E-state index contributed by atoms with van der Waals surface area (Å²) in [6.07, 6.45) is 6.31. The summed E-state index contributed by atoms with van der Waals surface area (Å²) in [6.45, 7) is 16.9. The molecule has 156 valence electrons. The van der Waals surface area contributed by atoms with Gasteiger partial charge < -0.3 is 13.3 Å². The van der Waals surface area contributed by atoms with E-state index in [0.717, 1.165) is 43.7 Å². The Morgan fingerprint density at radius 1 is 0.778 bits per heavy atom. The molecule has 0 spiro atoms. The van der Waals surface area contributed by atoms with Gasteiger partial charge in [0.25, 0.3) is 0 Å². The molecule has 0 saturated carbocycles. The van der Waals surface area contributed by atoms with E-state index in [2.05, 4.69) is 72.7 Å². The van der Waals surface area contributed by atoms with E-state index in [1.807, 2.05) is 6.07 Å². The lowest BCUT2D eigenvalue weighted by molar-refractivity contribution is -0.0139. The summed E-state index contributed by atoms with van der Waals surface area (Å²) in [5.41, 5.74) is -0.0164. The molecule has 0 atom stereocenters. The Hall–Kier alpha value is -0.683. The summed E-state index contributed by atoms with van der Waals surface area (Å²) in [4.78, 5) is 0. The topological polar surface area (TPSA) is 27.7 Å². The fraction of sp³-hybridized carbons (Fsp3) is 0.739. The highest BCUT2D eigenvalue weighted by atomic mass is 28.4. The summed E-state index contributed by atoms with van der Waals surface area (Å²) in [5, 5.41) is 1.07. The number of unbranched alkanes of at least 4 members (excludes halogenated alkanes) is 2. The summed E-state index contributed by atoms with van der Waals surface area (Å²) in [7, 11) is -2.98. The second-order valence-corrected chi connectivity index (χ2v) is 11.7. The van der Waals surface area contributed by atoms with Crippen LogP contribution in [-0.4, -0.2) is 27.6 Å². The first-order chi connectivity index (χ1) is 12.6. The fourth-order valence-corrected chi connectivity index (χ4v) is 5.67. The molecule has 0 fully saturated rings. The number of benzene rings is 1. The van der Waals surface area contributed by atoms with Crippen molar-refractivity contribution >= 4 is 14.0 Å². The van der Waals surface area contributed by atoms with E-state index in [9.17, 15) is 0 Å². The third-order valence-electron chi connectivity index (χ3n) is 4.60. The zero-order chi connectivity index (χ0) is 20.4. The van der Waals surface area contributed by atoms with Crippen molar-refractivity contribution < 1.29 is 13.3 Å². The Morgan fingerprint density at radius 2 is 1.30 bits per heavy atom. The molecule has 1 aromatic carbocycles. The van der Waals surface area contributed by atoms with Gasteiger partial charge in [0.15, 0.2) is 0 Å². The lowest BCUT2D eigenvalue weighted by Crippen LogP contribution is -2.60. The largest absolute Gasteiger partial charge is 0.537 e. The van der Waals surface area contributed by atoms with Gasteiger partial charge >= 0.3 is 8.80 Å². The molecule has 3 nitrogen and oxygen atoms in total. The van der Waals surface area contributed by atoms with Gasteiger partial charge in [-0.25, -0.2) is 0 Å². The van der Waals surface area contributed by atoms with Gasteiger partial charge in [0.05, 0.1) is 5.60 Å². The number of rotatable bonds is 13. The average Bonchev–Trinajstić information content (AvgIpc) is 2.60. The molecule has 0 N–H and O–H groups in total. The molecule has 4 heteroatoms. The quantitative estimate of drug-likeness (QED) is 0.299. The molecule has 0 aliphatic carbocycles. The molecule has 1 rings (SSSR count). The molecule has 0 saturated heterocycles. The third kappa shape index (κ3) is 9.37. The van der Waals surface area contributed by atoms with Gasteiger partial charge in [-0.3, -0.25) is 0 Å². The Balaban J connectivity index is 3.11. The summed E-state index contributed by atoms with van der Waals surface area (Å²) in [6, 6.07) is 10.3. The molecule has 0 unspecified atom stereocenters. The van der Waals surface area contributed by atoms with Crippen LogP contribution in [0.5, 0.6) is 0 Å². The molecule has 0 aliphatic rings. The van der Waals surface area contributed by atoms with Crippen LogP contribution in [0, 0.1) is 5.41 Å². The van der Waals surface area contributed by atoms with Gasteiger partial charge in [0.2, 0.25) is 0 Å². The van der Waals surface area contributed by atoms with Gasteiger partial charge in [0, 0.05) is 18.4 Å². The first kappa shape index (κ1) is 24.4. The van der Waals surface area contributed by atoms with Crippen LogP contribution in [0.2, 0.25) is 0 Å². The highest BCUT2D eigenvalue weighted by molar-refractivity contribution is 6.75. The molecular weight excluding hydrogens is 352 g/mol. The Kier molecular flexibility index (Phi) is 10.2. The van der Waals surface area contributed by atoms with Crippen LogP contribution in [0.4, 0.5) is 0 Å². The predicted octanol–water partition coefficient (Wildman–Crippen LogP) is 6.09. The summed E-state index contributed by atoms with van der Waals surface area (Å²) < 4.78 is 19.7. The molecular formula is C23H42O3Si. The molecule has 0 aromatic heterocycles. The third-order valence-corrected chi connectivity index (χ3v) is 7.63. The van der Waals surface area contributed by atoms with Crippen LogP contribution in [-0.2, 0) is 13.3 Å². The fourth-order valence-electron chi connectivity index (χ4n) is 2.76. The Morgan fingerprint density at radius 3 is 1.74 bits per heavy atom. The second kappa shape index (κ2) is 11.4. The molecule has 1 aromatic rings. The van der Waals surface area contributed by atoms with Gasteiger partial charge in [-0.05, 0) is 44.9 Å². The minimum Gasteiger partial charge on any atom is -0.370 e. The van der Waals surface area contributed by atoms with E-state index in [1.165, 1.54) is 0 Å². The Bertz CT molecular complexity index is 498. The maximum Gasteiger partial charge on any atom is 0.537 e. The molecule has 0 amide bonds. The lowest BCUT2D eigenvalue weighted by Gasteiger charge is -2.38. The van der Waals surface area contributed by atoms with Gasteiger partial charge in [0.1, 0.15) is 0 Å². The predicted molar refractivity (Wildman–Crippen MR) is 117 cm³/mol. The van der Waals surface area contributed by atoms with E-state index >= 15 is 0 Å². The first-order valence-corrected chi connectivity index (χ1v) is 12.4. The van der Waals surface area contributed by atoms with Crippen molar-refractivity contribution in [3.63, 3.8) is 0 Å². The van der Waals surface area contributed by atoms with Crippen LogP contribution in [0.25, 0.3) is 0 Å². The van der Waals surface area contributed by atoms with Crippen molar-refractivity contribution in [2.45, 2.75) is 92.6 Å². The van der Waals surface area contributed by atoms with Crippen LogP contribution in [0.1, 0.15) is 87.0 Å². The number of hydrogen-bond acceptors (Lipinski definition) is 3. The van der Waals surface area contributed by atoms with Crippen LogP contribution in [0.3, 0.4) is 0 Å². The first-order valence-electron chi connectivity index (χ1n) is 10.7. The van der Waals surface area contributed by atoms with E-state index in [1.54, 1.807) is 0 Å². The van der Waals surface area contributed by atoms with Crippen LogP contribution in [0.15, 0.2) is 30.3 Å². The van der Waals surface area contributed by atoms with Crippen LogP contribution >= 0.6 is 0 Å². The number of hydrogen-bond donors (Lipinski definition) is 0. The van der Waals surface area contributed by atoms with Gasteiger partial charge in [-0.2, -0.15) is 0 Å². The maximum atomic E-state index is 6.79. The highest BCUT2D eigenvalue weighted by Crippen LogP contribution is 2.30. The van der Waals surface area contributed by atoms with E-state index in [0.29, 0.717) is 13.2 Å². The maximum absolute atomic E-state index is 6.79. The lowest BCUT2D eigenvalue weighted by atomic mass is 9.86. The Labute approximate surface area is 169 Å². The van der Waals surface area contributed by atoms with Gasteiger partial charge in [-0.1, -0.05) is 77.8 Å². The standard InChI is InChI=1S/C23H42O3Si/c1-8-10-19-24-27(25-20-11-9-2,21-15-13-12-14-16-21)26-23(6,7)18-17-22(3,4)5/h12-16H,8-11,17-20H2,1-7H3. The molecule has 0 radical (unpaired) electrons. The zero-order valence-corrected chi connectivity index (χ0v) is 19.8. The van der Waals surface area contributed by atoms with Crippen molar-refractivity contribution in [3.8, 4) is 0 Å². The van der Waals surface area contributed by atoms with Crippen molar-refractivity contribution in [1.29, 1.82) is 0 Å². The molecule has 0 bridgehead atoms. The van der Waals surface area contributed by atoms with E-state index in [4.69, 9.17) is 13.3 Å². The van der Waals surface area contributed by atoms with Crippen molar-refractivity contribution in [2.75, 3.05) is 13.2 Å². The van der Waals surface area contributed by atoms with Gasteiger partial charge in [-0.15, -0.1) is 0 Å². The second-order valence-electron chi connectivity index (χ2n) is 9.25.